The van der Waals surface area contributed by atoms with E-state index in [4.69, 9.17) is 0 Å². The molecule has 3 heteroatoms. The first-order chi connectivity index (χ1) is 4.70. The van der Waals surface area contributed by atoms with Gasteiger partial charge in [0.1, 0.15) is 5.56 Å². The number of nitrogens with zero attached hydrogens (tertiary/aromatic N) is 1. The van der Waals surface area contributed by atoms with Gasteiger partial charge in [0, 0.05) is 6.92 Å². The molecule has 0 N–H and O–H groups in total. The Morgan fingerprint density at radius 1 is 1.30 bits per heavy atom. The monoisotopic (exact) mass is 136 g/mol. The average molecular weight is 136 g/mol. The summed E-state index contributed by atoms with van der Waals surface area (Å²) in [5.41, 5.74) is 0.887. The molecule has 50 valence electrons. The van der Waals surface area contributed by atoms with Crippen LogP contribution in [0.4, 0.5) is 5.69 Å². The lowest BCUT2D eigenvalue weighted by atomic mass is 10.2. The number of non-ortho nitro benzene ring substituents is 1. The second kappa shape index (κ2) is 2.39. The van der Waals surface area contributed by atoms with Crippen molar-refractivity contribution in [3.05, 3.63) is 46.9 Å². The van der Waals surface area contributed by atoms with E-state index in [-0.39, 0.29) is 5.69 Å². The van der Waals surface area contributed by atoms with E-state index in [9.17, 15) is 10.1 Å². The van der Waals surface area contributed by atoms with Gasteiger partial charge in [-0.2, -0.15) is 0 Å². The van der Waals surface area contributed by atoms with Crippen LogP contribution in [0.15, 0.2) is 24.3 Å². The Morgan fingerprint density at radius 3 is 2.20 bits per heavy atom. The molecule has 1 aromatic carbocycles. The Labute approximate surface area is 58.4 Å². The number of hydrogen-bond donors (Lipinski definition) is 0. The van der Waals surface area contributed by atoms with Crippen molar-refractivity contribution in [3.63, 3.8) is 0 Å². The smallest absolute Gasteiger partial charge is 0.258 e. The highest BCUT2D eigenvalue weighted by Crippen LogP contribution is 2.10. The van der Waals surface area contributed by atoms with Crippen molar-refractivity contribution in [2.75, 3.05) is 0 Å². The van der Waals surface area contributed by atoms with Crippen LogP contribution in [0.2, 0.25) is 0 Å². The number of benzene rings is 1. The minimum absolute atomic E-state index is 0.104. The van der Waals surface area contributed by atoms with Gasteiger partial charge < -0.3 is 0 Å². The highest BCUT2D eigenvalue weighted by molar-refractivity contribution is 5.33. The summed E-state index contributed by atoms with van der Waals surface area (Å²) in [5.74, 6) is 0. The number of rotatable bonds is 1. The van der Waals surface area contributed by atoms with Crippen LogP contribution < -0.4 is 0 Å². The van der Waals surface area contributed by atoms with Gasteiger partial charge in [-0.15, -0.1) is 0 Å². The van der Waals surface area contributed by atoms with Crippen LogP contribution in [-0.2, 0) is 0 Å². The molecule has 3 nitrogen and oxygen atoms in total. The minimum Gasteiger partial charge on any atom is -0.258 e. The quantitative estimate of drug-likeness (QED) is 0.335. The molecule has 0 bridgehead atoms. The SMILES string of the molecule is [CH2+]c1ccc([N+](=O)[O-])cc1. The molecule has 0 fully saturated rings. The first kappa shape index (κ1) is 6.61. The molecule has 0 radical (unpaired) electrons. The molecule has 0 saturated heterocycles. The summed E-state index contributed by atoms with van der Waals surface area (Å²) in [7, 11) is 0. The Bertz CT molecular complexity index is 240. The van der Waals surface area contributed by atoms with Crippen LogP contribution in [0.25, 0.3) is 0 Å². The third-order valence-corrected chi connectivity index (χ3v) is 1.15. The summed E-state index contributed by atoms with van der Waals surface area (Å²) >= 11 is 0. The molecule has 0 aliphatic rings. The van der Waals surface area contributed by atoms with Gasteiger partial charge >= 0.3 is 0 Å². The van der Waals surface area contributed by atoms with Crippen LogP contribution in [0.3, 0.4) is 0 Å². The average Bonchev–Trinajstić information content (AvgIpc) is 1.88. The molecular weight excluding hydrogens is 130 g/mol. The maximum absolute atomic E-state index is 10.1. The van der Waals surface area contributed by atoms with Crippen molar-refractivity contribution >= 4 is 5.69 Å². The molecule has 0 spiro atoms. The van der Waals surface area contributed by atoms with Crippen molar-refractivity contribution in [1.29, 1.82) is 0 Å². The Morgan fingerprint density at radius 2 is 1.80 bits per heavy atom. The molecule has 0 aromatic heterocycles. The molecule has 1 rings (SSSR count). The van der Waals surface area contributed by atoms with E-state index >= 15 is 0 Å². The molecular formula is C7H6NO2+. The molecule has 0 saturated carbocycles. The molecule has 0 heterocycles. The van der Waals surface area contributed by atoms with Gasteiger partial charge in [0.05, 0.1) is 29.2 Å². The fourth-order valence-corrected chi connectivity index (χ4v) is 0.618. The summed E-state index contributed by atoms with van der Waals surface area (Å²) in [4.78, 5) is 9.67. The van der Waals surface area contributed by atoms with Gasteiger partial charge in [0.25, 0.3) is 5.69 Å². The number of nitro groups is 1. The second-order valence-corrected chi connectivity index (χ2v) is 1.92. The molecule has 1 aromatic rings. The van der Waals surface area contributed by atoms with E-state index in [1.807, 2.05) is 0 Å². The van der Waals surface area contributed by atoms with Gasteiger partial charge in [0.2, 0.25) is 0 Å². The lowest BCUT2D eigenvalue weighted by molar-refractivity contribution is -0.384. The van der Waals surface area contributed by atoms with E-state index in [0.29, 0.717) is 0 Å². The normalized spacial score (nSPS) is 9.20. The van der Waals surface area contributed by atoms with E-state index in [1.54, 1.807) is 12.1 Å². The standard InChI is InChI=1S/C7H6NO2/c1-6-2-4-7(5-3-6)8(9)10/h2-5H,1H2/q+1. The van der Waals surface area contributed by atoms with Crippen LogP contribution in [0.5, 0.6) is 0 Å². The summed E-state index contributed by atoms with van der Waals surface area (Å²) < 4.78 is 0. The van der Waals surface area contributed by atoms with Gasteiger partial charge in [-0.1, -0.05) is 0 Å². The fourth-order valence-electron chi connectivity index (χ4n) is 0.618. The van der Waals surface area contributed by atoms with Gasteiger partial charge in [-0.05, 0) is 0 Å². The maximum Gasteiger partial charge on any atom is 0.295 e. The van der Waals surface area contributed by atoms with Crippen LogP contribution in [0.1, 0.15) is 5.56 Å². The molecule has 0 aliphatic heterocycles. The third-order valence-electron chi connectivity index (χ3n) is 1.15. The topological polar surface area (TPSA) is 43.1 Å². The van der Waals surface area contributed by atoms with Gasteiger partial charge in [-0.3, -0.25) is 10.1 Å². The van der Waals surface area contributed by atoms with Crippen molar-refractivity contribution in [3.8, 4) is 0 Å². The van der Waals surface area contributed by atoms with E-state index < -0.39 is 4.92 Å². The van der Waals surface area contributed by atoms with Gasteiger partial charge in [0.15, 0.2) is 0 Å². The van der Waals surface area contributed by atoms with E-state index in [1.165, 1.54) is 12.1 Å². The summed E-state index contributed by atoms with van der Waals surface area (Å²) in [6.45, 7) is 3.60. The maximum atomic E-state index is 10.1. The third kappa shape index (κ3) is 1.25. The largest absolute Gasteiger partial charge is 0.295 e. The fraction of sp³-hybridized carbons (Fsp3) is 0. The summed E-state index contributed by atoms with van der Waals surface area (Å²) in [6, 6.07) is 6.08. The second-order valence-electron chi connectivity index (χ2n) is 1.92. The van der Waals surface area contributed by atoms with Crippen molar-refractivity contribution < 1.29 is 4.92 Å². The number of nitro benzene ring substituents is 1. The summed E-state index contributed by atoms with van der Waals surface area (Å²) in [5, 5.41) is 10.1. The molecule has 10 heavy (non-hydrogen) atoms. The zero-order valence-corrected chi connectivity index (χ0v) is 5.28. The first-order valence-corrected chi connectivity index (χ1v) is 2.76. The van der Waals surface area contributed by atoms with E-state index in [0.717, 1.165) is 5.56 Å². The highest BCUT2D eigenvalue weighted by Gasteiger charge is 2.05. The Kier molecular flexibility index (Phi) is 1.58. The predicted octanol–water partition coefficient (Wildman–Crippen LogP) is 1.78. The number of hydrogen-bond acceptors (Lipinski definition) is 2. The lowest BCUT2D eigenvalue weighted by Crippen LogP contribution is -1.86. The highest BCUT2D eigenvalue weighted by atomic mass is 16.6. The van der Waals surface area contributed by atoms with Crippen molar-refractivity contribution in [2.45, 2.75) is 0 Å². The van der Waals surface area contributed by atoms with Crippen LogP contribution in [-0.4, -0.2) is 4.92 Å². The first-order valence-electron chi connectivity index (χ1n) is 2.76. The Balaban J connectivity index is 3.00. The van der Waals surface area contributed by atoms with Crippen LogP contribution in [0, 0.1) is 17.0 Å². The summed E-state index contributed by atoms with van der Waals surface area (Å²) in [6.07, 6.45) is 0. The zero-order valence-electron chi connectivity index (χ0n) is 5.28. The molecule has 0 aliphatic carbocycles. The van der Waals surface area contributed by atoms with Crippen molar-refractivity contribution in [1.82, 2.24) is 0 Å². The minimum atomic E-state index is -0.431. The van der Waals surface area contributed by atoms with Crippen molar-refractivity contribution in [2.24, 2.45) is 0 Å². The zero-order chi connectivity index (χ0) is 7.56. The lowest BCUT2D eigenvalue weighted by Gasteiger charge is -1.84. The Hall–Kier alpha value is -1.51. The van der Waals surface area contributed by atoms with Crippen LogP contribution >= 0.6 is 0 Å². The molecule has 0 unspecified atom stereocenters. The molecule has 0 atom stereocenters. The van der Waals surface area contributed by atoms with E-state index in [2.05, 4.69) is 6.92 Å². The predicted molar refractivity (Wildman–Crippen MR) is 37.6 cm³/mol. The van der Waals surface area contributed by atoms with Gasteiger partial charge in [-0.25, -0.2) is 0 Å². The molecule has 0 amide bonds.